The number of carbonyl (C=O) groups is 2. The maximum Gasteiger partial charge on any atom is 3.00 e. The molecule has 18 heavy (non-hydrogen) atoms. The number of methoxy groups -OCH3 is 2. The zero-order chi connectivity index (χ0) is 11.7. The summed E-state index contributed by atoms with van der Waals surface area (Å²) in [4.78, 5) is 20.4. The van der Waals surface area contributed by atoms with E-state index in [9.17, 15) is 9.59 Å². The molecule has 1 radical (unpaired) electrons. The van der Waals surface area contributed by atoms with E-state index in [1.807, 2.05) is 0 Å². The maximum atomic E-state index is 10.2. The van der Waals surface area contributed by atoms with E-state index in [0.717, 1.165) is 0 Å². The van der Waals surface area contributed by atoms with Gasteiger partial charge < -0.3 is 31.8 Å². The summed E-state index contributed by atoms with van der Waals surface area (Å²) in [5.74, 6) is -0.694. The Morgan fingerprint density at radius 1 is 0.778 bits per heavy atom. The summed E-state index contributed by atoms with van der Waals surface area (Å²) in [5.41, 5.74) is 0.866. The molecule has 0 fully saturated rings. The van der Waals surface area contributed by atoms with Crippen LogP contribution in [-0.4, -0.2) is 26.2 Å². The zero-order valence-corrected chi connectivity index (χ0v) is 14.1. The summed E-state index contributed by atoms with van der Waals surface area (Å²) < 4.78 is 8.55. The molecule has 0 aromatic rings. The summed E-state index contributed by atoms with van der Waals surface area (Å²) in [6, 6.07) is 0. The minimum atomic E-state index is -0.347. The van der Waals surface area contributed by atoms with Crippen molar-refractivity contribution in [2.75, 3.05) is 14.2 Å². The SMILES string of the molecule is C=C(C)C(=O)OC.C=C(C)C(=O)OC.[CH3-].[CH3-].[CH3-].[Ti+3]. The Balaban J connectivity index is -0.0000000327. The predicted octanol–water partition coefficient (Wildman–Crippen LogP) is 2.82. The molecule has 0 unspecified atom stereocenters. The number of rotatable bonds is 2. The number of hydrogen-bond acceptors (Lipinski definition) is 4. The Bertz CT molecular complexity index is 221. The van der Waals surface area contributed by atoms with Crippen molar-refractivity contribution in [2.45, 2.75) is 13.8 Å². The van der Waals surface area contributed by atoms with Gasteiger partial charge in [0.05, 0.1) is 14.2 Å². The van der Waals surface area contributed by atoms with Crippen molar-refractivity contribution >= 4 is 11.9 Å². The van der Waals surface area contributed by atoms with Crippen LogP contribution in [0.3, 0.4) is 0 Å². The van der Waals surface area contributed by atoms with Crippen LogP contribution in [0, 0.1) is 22.3 Å². The fraction of sp³-hybridized carbons (Fsp3) is 0.308. The van der Waals surface area contributed by atoms with Crippen molar-refractivity contribution in [1.29, 1.82) is 0 Å². The fourth-order valence-electron chi connectivity index (χ4n) is 0.348. The van der Waals surface area contributed by atoms with Crippen molar-refractivity contribution in [2.24, 2.45) is 0 Å². The Morgan fingerprint density at radius 2 is 0.944 bits per heavy atom. The predicted molar refractivity (Wildman–Crippen MR) is 72.9 cm³/mol. The molecular formula is C13H25O4Ti. The summed E-state index contributed by atoms with van der Waals surface area (Å²) in [5, 5.41) is 0. The first-order chi connectivity index (χ1) is 6.36. The summed E-state index contributed by atoms with van der Waals surface area (Å²) >= 11 is 0. The molecule has 0 heterocycles. The van der Waals surface area contributed by atoms with E-state index in [2.05, 4.69) is 22.6 Å². The van der Waals surface area contributed by atoms with E-state index in [1.165, 1.54) is 14.2 Å². The van der Waals surface area contributed by atoms with Crippen molar-refractivity contribution in [3.8, 4) is 0 Å². The summed E-state index contributed by atoms with van der Waals surface area (Å²) in [7, 11) is 2.66. The summed E-state index contributed by atoms with van der Waals surface area (Å²) in [6.07, 6.45) is 0. The second kappa shape index (κ2) is 21.4. The van der Waals surface area contributed by atoms with Crippen LogP contribution in [0.25, 0.3) is 0 Å². The molecule has 0 aromatic heterocycles. The minimum Gasteiger partial charge on any atom is -0.466 e. The minimum absolute atomic E-state index is 0. The molecule has 0 saturated heterocycles. The van der Waals surface area contributed by atoms with E-state index in [-0.39, 0.29) is 55.9 Å². The van der Waals surface area contributed by atoms with Gasteiger partial charge in [0.15, 0.2) is 0 Å². The Labute approximate surface area is 127 Å². The molecule has 0 bridgehead atoms. The van der Waals surface area contributed by atoms with Gasteiger partial charge in [-0.3, -0.25) is 0 Å². The van der Waals surface area contributed by atoms with E-state index in [1.54, 1.807) is 13.8 Å². The molecule has 0 saturated carbocycles. The average Bonchev–Trinajstić information content (AvgIpc) is 2.15. The Kier molecular flexibility index (Phi) is 42.8. The largest absolute Gasteiger partial charge is 3.00 e. The van der Waals surface area contributed by atoms with E-state index in [4.69, 9.17) is 0 Å². The number of esters is 2. The van der Waals surface area contributed by atoms with Gasteiger partial charge in [0.1, 0.15) is 0 Å². The van der Waals surface area contributed by atoms with Crippen molar-refractivity contribution in [3.05, 3.63) is 46.6 Å². The third kappa shape index (κ3) is 24.4. The first-order valence-corrected chi connectivity index (χ1v) is 3.84. The van der Waals surface area contributed by atoms with Gasteiger partial charge in [0.2, 0.25) is 0 Å². The smallest absolute Gasteiger partial charge is 0.466 e. The van der Waals surface area contributed by atoms with Gasteiger partial charge in [-0.2, -0.15) is 0 Å². The van der Waals surface area contributed by atoms with Crippen LogP contribution in [0.2, 0.25) is 0 Å². The monoisotopic (exact) mass is 293 g/mol. The molecule has 5 heteroatoms. The fourth-order valence-corrected chi connectivity index (χ4v) is 0.348. The van der Waals surface area contributed by atoms with Gasteiger partial charge in [-0.25, -0.2) is 9.59 Å². The van der Waals surface area contributed by atoms with Crippen LogP contribution in [0.5, 0.6) is 0 Å². The van der Waals surface area contributed by atoms with Crippen LogP contribution in [0.1, 0.15) is 13.8 Å². The van der Waals surface area contributed by atoms with Crippen molar-refractivity contribution < 1.29 is 40.8 Å². The topological polar surface area (TPSA) is 52.6 Å². The molecule has 4 nitrogen and oxygen atoms in total. The second-order valence-corrected chi connectivity index (χ2v) is 2.54. The van der Waals surface area contributed by atoms with E-state index < -0.39 is 0 Å². The zero-order valence-electron chi connectivity index (χ0n) is 12.5. The number of ether oxygens (including phenoxy) is 2. The molecular weight excluding hydrogens is 268 g/mol. The molecule has 0 aliphatic heterocycles. The normalized spacial score (nSPS) is 6.00. The van der Waals surface area contributed by atoms with Gasteiger partial charge in [-0.15, -0.1) is 0 Å². The van der Waals surface area contributed by atoms with E-state index >= 15 is 0 Å². The second-order valence-electron chi connectivity index (χ2n) is 2.54. The van der Waals surface area contributed by atoms with Gasteiger partial charge >= 0.3 is 33.7 Å². The van der Waals surface area contributed by atoms with Crippen LogP contribution in [-0.2, 0) is 40.8 Å². The van der Waals surface area contributed by atoms with Crippen molar-refractivity contribution in [1.82, 2.24) is 0 Å². The summed E-state index contributed by atoms with van der Waals surface area (Å²) in [6.45, 7) is 9.91. The number of carbonyl (C=O) groups excluding carboxylic acids is 2. The molecule has 0 atom stereocenters. The number of hydrogen-bond donors (Lipinski definition) is 0. The Morgan fingerprint density at radius 3 is 0.944 bits per heavy atom. The third-order valence-corrected chi connectivity index (χ3v) is 1.07. The van der Waals surface area contributed by atoms with Gasteiger partial charge in [-0.1, -0.05) is 13.2 Å². The van der Waals surface area contributed by atoms with Crippen LogP contribution < -0.4 is 0 Å². The first kappa shape index (κ1) is 36.0. The van der Waals surface area contributed by atoms with Gasteiger partial charge in [0.25, 0.3) is 0 Å². The molecule has 0 spiro atoms. The third-order valence-electron chi connectivity index (χ3n) is 1.07. The van der Waals surface area contributed by atoms with Gasteiger partial charge in [-0.05, 0) is 13.8 Å². The standard InChI is InChI=1S/2C5H8O2.3CH3.Ti/c2*1-4(2)5(6)7-3;;;;/h2*1H2,2-3H3;3*1H3;/q;;3*-1;+3. The Hall–Kier alpha value is -0.866. The van der Waals surface area contributed by atoms with Crippen molar-refractivity contribution in [3.63, 3.8) is 0 Å². The molecule has 0 rings (SSSR count). The quantitative estimate of drug-likeness (QED) is 0.340. The van der Waals surface area contributed by atoms with Crippen LogP contribution in [0.4, 0.5) is 0 Å². The molecule has 0 aliphatic rings. The molecule has 105 valence electrons. The molecule has 0 amide bonds. The molecule has 0 aromatic carbocycles. The maximum absolute atomic E-state index is 10.2. The van der Waals surface area contributed by atoms with Gasteiger partial charge in [0, 0.05) is 11.1 Å². The average molecular weight is 293 g/mol. The van der Waals surface area contributed by atoms with Crippen LogP contribution >= 0.6 is 0 Å². The van der Waals surface area contributed by atoms with Crippen LogP contribution in [0.15, 0.2) is 24.3 Å². The first-order valence-electron chi connectivity index (χ1n) is 3.84. The molecule has 0 aliphatic carbocycles. The van der Waals surface area contributed by atoms with E-state index in [0.29, 0.717) is 11.1 Å². The molecule has 0 N–H and O–H groups in total.